The summed E-state index contributed by atoms with van der Waals surface area (Å²) in [5, 5.41) is 9.99. The van der Waals surface area contributed by atoms with Crippen LogP contribution in [0.1, 0.15) is 17.9 Å². The molecule has 1 saturated heterocycles. The van der Waals surface area contributed by atoms with E-state index in [2.05, 4.69) is 20.5 Å². The summed E-state index contributed by atoms with van der Waals surface area (Å²) in [4.78, 5) is 4.08. The number of aromatic nitrogens is 3. The Labute approximate surface area is 178 Å². The molecule has 1 N–H and O–H groups in total. The minimum Gasteiger partial charge on any atom is -0.415 e. The summed E-state index contributed by atoms with van der Waals surface area (Å²) < 4.78 is 61.7. The Kier molecular flexibility index (Phi) is 6.59. The largest absolute Gasteiger partial charge is 0.415 e. The highest BCUT2D eigenvalue weighted by molar-refractivity contribution is 7.84. The second-order valence-corrected chi connectivity index (χ2v) is 8.13. The van der Waals surface area contributed by atoms with E-state index in [1.807, 2.05) is 0 Å². The van der Waals surface area contributed by atoms with E-state index in [9.17, 15) is 17.4 Å². The molecule has 0 spiro atoms. The summed E-state index contributed by atoms with van der Waals surface area (Å²) in [6, 6.07) is 7.58. The van der Waals surface area contributed by atoms with Crippen molar-refractivity contribution in [3.05, 3.63) is 60.0 Å². The molecule has 12 heteroatoms. The third-order valence-corrected chi connectivity index (χ3v) is 6.18. The van der Waals surface area contributed by atoms with Crippen LogP contribution >= 0.6 is 0 Å². The van der Waals surface area contributed by atoms with Gasteiger partial charge >= 0.3 is 6.43 Å². The van der Waals surface area contributed by atoms with Crippen LogP contribution < -0.4 is 9.62 Å². The predicted octanol–water partition coefficient (Wildman–Crippen LogP) is 2.70. The van der Waals surface area contributed by atoms with Crippen molar-refractivity contribution in [3.63, 3.8) is 0 Å². The van der Waals surface area contributed by atoms with E-state index in [0.717, 1.165) is 6.07 Å². The first-order valence-corrected chi connectivity index (χ1v) is 10.5. The van der Waals surface area contributed by atoms with Crippen LogP contribution in [-0.4, -0.2) is 49.9 Å². The maximum Gasteiger partial charge on any atom is 0.314 e. The van der Waals surface area contributed by atoms with Crippen molar-refractivity contribution in [1.82, 2.24) is 24.8 Å². The first kappa shape index (κ1) is 21.4. The van der Waals surface area contributed by atoms with Gasteiger partial charge in [-0.25, -0.2) is 12.9 Å². The standard InChI is InChI=1S/C19H19F3N6O2S/c20-16-10-13(18-25-26-19(30-18)17(21)22)3-4-14(16)12-28(15-2-1-5-24-11-15)31(29)27-8-6-23-7-9-27/h1-5,10-11,17,23H,6-9,12H2. The van der Waals surface area contributed by atoms with Crippen molar-refractivity contribution in [2.75, 3.05) is 30.5 Å². The van der Waals surface area contributed by atoms with Crippen molar-refractivity contribution in [2.24, 2.45) is 0 Å². The number of anilines is 1. The average molecular weight is 452 g/mol. The molecule has 1 fully saturated rings. The molecule has 4 rings (SSSR count). The number of nitrogens with zero attached hydrogens (tertiary/aromatic N) is 5. The van der Waals surface area contributed by atoms with Crippen LogP contribution in [0.15, 0.2) is 47.1 Å². The first-order valence-electron chi connectivity index (χ1n) is 9.48. The van der Waals surface area contributed by atoms with Crippen molar-refractivity contribution in [2.45, 2.75) is 13.0 Å². The summed E-state index contributed by atoms with van der Waals surface area (Å²) in [6.45, 7) is 2.62. The monoisotopic (exact) mass is 452 g/mol. The Hall–Kier alpha value is -2.83. The number of benzene rings is 1. The lowest BCUT2D eigenvalue weighted by atomic mass is 10.1. The lowest BCUT2D eigenvalue weighted by Gasteiger charge is -2.32. The highest BCUT2D eigenvalue weighted by atomic mass is 32.2. The van der Waals surface area contributed by atoms with E-state index < -0.39 is 29.3 Å². The molecule has 0 aliphatic carbocycles. The van der Waals surface area contributed by atoms with Gasteiger partial charge in [0.15, 0.2) is 11.2 Å². The summed E-state index contributed by atoms with van der Waals surface area (Å²) in [6.07, 6.45) is 0.262. The molecule has 1 aliphatic rings. The molecule has 164 valence electrons. The molecule has 2 aromatic heterocycles. The van der Waals surface area contributed by atoms with Gasteiger partial charge < -0.3 is 9.73 Å². The second kappa shape index (κ2) is 9.54. The summed E-state index contributed by atoms with van der Waals surface area (Å²) in [5.41, 5.74) is 1.03. The smallest absolute Gasteiger partial charge is 0.314 e. The molecule has 1 aliphatic heterocycles. The van der Waals surface area contributed by atoms with Crippen molar-refractivity contribution in [1.29, 1.82) is 0 Å². The number of alkyl halides is 2. The van der Waals surface area contributed by atoms with E-state index >= 15 is 0 Å². The molecule has 0 saturated carbocycles. The zero-order valence-corrected chi connectivity index (χ0v) is 17.1. The molecule has 8 nitrogen and oxygen atoms in total. The Bertz CT molecular complexity index is 1050. The first-order chi connectivity index (χ1) is 15.0. The predicted molar refractivity (Wildman–Crippen MR) is 108 cm³/mol. The van der Waals surface area contributed by atoms with E-state index in [4.69, 9.17) is 4.42 Å². The van der Waals surface area contributed by atoms with Gasteiger partial charge in [0.2, 0.25) is 5.89 Å². The molecule has 31 heavy (non-hydrogen) atoms. The molecule has 0 amide bonds. The fraction of sp³-hybridized carbons (Fsp3) is 0.316. The van der Waals surface area contributed by atoms with Crippen LogP contribution in [-0.2, 0) is 17.7 Å². The molecular weight excluding hydrogens is 433 g/mol. The van der Waals surface area contributed by atoms with Crippen LogP contribution in [0.3, 0.4) is 0 Å². The Balaban J connectivity index is 1.59. The third kappa shape index (κ3) is 4.92. The van der Waals surface area contributed by atoms with Gasteiger partial charge in [0.1, 0.15) is 5.82 Å². The summed E-state index contributed by atoms with van der Waals surface area (Å²) in [5.74, 6) is -1.64. The maximum absolute atomic E-state index is 14.9. The average Bonchev–Trinajstić information content (AvgIpc) is 3.30. The van der Waals surface area contributed by atoms with Crippen LogP contribution in [0.2, 0.25) is 0 Å². The number of rotatable bonds is 7. The highest BCUT2D eigenvalue weighted by Gasteiger charge is 2.25. The lowest BCUT2D eigenvalue weighted by Crippen LogP contribution is -2.48. The van der Waals surface area contributed by atoms with Crippen LogP contribution in [0, 0.1) is 5.82 Å². The number of hydrogen-bond acceptors (Lipinski definition) is 6. The van der Waals surface area contributed by atoms with Crippen molar-refractivity contribution in [3.8, 4) is 11.5 Å². The van der Waals surface area contributed by atoms with Gasteiger partial charge in [0.25, 0.3) is 5.89 Å². The fourth-order valence-electron chi connectivity index (χ4n) is 3.08. The SMILES string of the molecule is O=S(N1CCNCC1)N(Cc1ccc(-c2nnc(C(F)F)o2)cc1F)c1cccnc1. The highest BCUT2D eigenvalue weighted by Crippen LogP contribution is 2.27. The normalized spacial score (nSPS) is 15.9. The number of halogens is 3. The fourth-order valence-corrected chi connectivity index (χ4v) is 4.39. The van der Waals surface area contributed by atoms with E-state index in [1.165, 1.54) is 12.1 Å². The van der Waals surface area contributed by atoms with Crippen molar-refractivity contribution < 1.29 is 21.8 Å². The Morgan fingerprint density at radius 1 is 1.23 bits per heavy atom. The quantitative estimate of drug-likeness (QED) is 0.593. The molecular formula is C19H19F3N6O2S. The van der Waals surface area contributed by atoms with Gasteiger partial charge in [-0.3, -0.25) is 9.29 Å². The maximum atomic E-state index is 14.9. The molecule has 1 aromatic carbocycles. The number of nitrogens with one attached hydrogen (secondary N) is 1. The lowest BCUT2D eigenvalue weighted by molar-refractivity contribution is 0.116. The van der Waals surface area contributed by atoms with Crippen LogP contribution in [0.25, 0.3) is 11.5 Å². The van der Waals surface area contributed by atoms with Crippen LogP contribution in [0.5, 0.6) is 0 Å². The number of pyridine rings is 1. The topological polar surface area (TPSA) is 87.4 Å². The number of hydrogen-bond donors (Lipinski definition) is 1. The Morgan fingerprint density at radius 3 is 2.68 bits per heavy atom. The molecule has 0 bridgehead atoms. The van der Waals surface area contributed by atoms with Crippen molar-refractivity contribution >= 4 is 16.9 Å². The summed E-state index contributed by atoms with van der Waals surface area (Å²) in [7, 11) is 0. The molecule has 1 atom stereocenters. The van der Waals surface area contributed by atoms with Gasteiger partial charge in [-0.1, -0.05) is 6.07 Å². The van der Waals surface area contributed by atoms with E-state index in [0.29, 0.717) is 31.9 Å². The Morgan fingerprint density at radius 2 is 2.03 bits per heavy atom. The minimum absolute atomic E-state index is 0.0143. The van der Waals surface area contributed by atoms with Gasteiger partial charge in [-0.2, -0.15) is 8.78 Å². The van der Waals surface area contributed by atoms with Gasteiger partial charge in [0, 0.05) is 43.5 Å². The minimum atomic E-state index is -2.90. The summed E-state index contributed by atoms with van der Waals surface area (Å²) >= 11 is -1.55. The second-order valence-electron chi connectivity index (χ2n) is 6.71. The molecule has 1 unspecified atom stereocenters. The molecule has 3 heterocycles. The molecule has 3 aromatic rings. The van der Waals surface area contributed by atoms with Gasteiger partial charge in [-0.15, -0.1) is 10.2 Å². The zero-order chi connectivity index (χ0) is 21.8. The van der Waals surface area contributed by atoms with Gasteiger partial charge in [-0.05, 0) is 24.3 Å². The van der Waals surface area contributed by atoms with E-state index in [1.54, 1.807) is 33.1 Å². The molecule has 0 radical (unpaired) electrons. The van der Waals surface area contributed by atoms with Crippen LogP contribution in [0.4, 0.5) is 18.9 Å². The third-order valence-electron chi connectivity index (χ3n) is 4.66. The zero-order valence-electron chi connectivity index (χ0n) is 16.2. The number of piperazine rings is 1. The van der Waals surface area contributed by atoms with Gasteiger partial charge in [0.05, 0.1) is 18.4 Å². The van der Waals surface area contributed by atoms with E-state index in [-0.39, 0.29) is 23.6 Å².